The van der Waals surface area contributed by atoms with Crippen LogP contribution >= 0.6 is 22.9 Å². The maximum atomic E-state index is 5.99. The summed E-state index contributed by atoms with van der Waals surface area (Å²) in [6.07, 6.45) is 0. The van der Waals surface area contributed by atoms with Crippen molar-refractivity contribution in [3.8, 4) is 0 Å². The molecule has 0 saturated carbocycles. The molecule has 0 saturated heterocycles. The van der Waals surface area contributed by atoms with Crippen molar-refractivity contribution in [1.29, 1.82) is 0 Å². The summed E-state index contributed by atoms with van der Waals surface area (Å²) in [7, 11) is 0. The minimum absolute atomic E-state index is 0.994. The van der Waals surface area contributed by atoms with Crippen LogP contribution in [0.25, 0.3) is 0 Å². The Bertz CT molecular complexity index is 224. The number of hydrogen-bond acceptors (Lipinski definition) is 1. The van der Waals surface area contributed by atoms with Crippen LogP contribution in [0.2, 0.25) is 19.8 Å². The van der Waals surface area contributed by atoms with Crippen molar-refractivity contribution in [2.24, 2.45) is 0 Å². The first kappa shape index (κ1) is 8.88. The minimum atomic E-state index is -1.82. The molecule has 0 atom stereocenters. The van der Waals surface area contributed by atoms with Crippen molar-refractivity contribution in [2.45, 2.75) is 14.8 Å². The molecule has 0 bridgehead atoms. The third kappa shape index (κ3) is 1.89. The van der Waals surface area contributed by atoms with E-state index in [2.05, 4.69) is 20.2 Å². The predicted molar refractivity (Wildman–Crippen MR) is 52.3 cm³/mol. The van der Waals surface area contributed by atoms with Crippen LogP contribution in [0.3, 0.4) is 0 Å². The van der Waals surface area contributed by atoms with E-state index >= 15 is 0 Å². The second kappa shape index (κ2) is 3.03. The molecule has 0 nitrogen and oxygen atoms in total. The van der Waals surface area contributed by atoms with E-state index in [-0.39, 0.29) is 0 Å². The topological polar surface area (TPSA) is 0 Å². The van der Waals surface area contributed by atoms with Gasteiger partial charge < -0.3 is 0 Å². The number of thiophene rings is 1. The van der Waals surface area contributed by atoms with E-state index in [0.29, 0.717) is 0 Å². The Kier molecular flexibility index (Phi) is 2.69. The van der Waals surface area contributed by atoms with Gasteiger partial charge in [-0.2, -0.15) is 0 Å². The third-order valence-corrected chi connectivity index (χ3v) is 12.7. The van der Waals surface area contributed by atoms with Gasteiger partial charge in [0.2, 0.25) is 0 Å². The number of halogens is 1. The average Bonchev–Trinajstić information content (AvgIpc) is 2.11. The maximum absolute atomic E-state index is 5.99. The molecule has 0 aromatic carbocycles. The van der Waals surface area contributed by atoms with E-state index in [1.54, 1.807) is 0 Å². The first-order valence-corrected chi connectivity index (χ1v) is 14.5. The van der Waals surface area contributed by atoms with Gasteiger partial charge in [0, 0.05) is 0 Å². The Morgan fingerprint density at radius 2 is 2.00 bits per heavy atom. The number of hydrogen-bond donors (Lipinski definition) is 0. The molecule has 1 aromatic heterocycles. The molecule has 0 amide bonds. The molecule has 0 radical (unpaired) electrons. The molecule has 0 unspecified atom stereocenters. The quantitative estimate of drug-likeness (QED) is 0.694. The fourth-order valence-electron chi connectivity index (χ4n) is 0.829. The van der Waals surface area contributed by atoms with Gasteiger partial charge in [0.25, 0.3) is 0 Å². The molecule has 0 spiro atoms. The van der Waals surface area contributed by atoms with Crippen LogP contribution in [-0.2, 0) is 0 Å². The Morgan fingerprint density at radius 1 is 1.40 bits per heavy atom. The van der Waals surface area contributed by atoms with Gasteiger partial charge in [-0.1, -0.05) is 0 Å². The van der Waals surface area contributed by atoms with Gasteiger partial charge >= 0.3 is 75.5 Å². The molecule has 1 rings (SSSR count). The average molecular weight is 281 g/mol. The standard InChI is InChI=1S/C4H2ClS.3CH3.Sn/c5-4-1-2-6-3-4;;;;/h1-2H;3*1H3;. The van der Waals surface area contributed by atoms with Gasteiger partial charge in [-0.05, 0) is 0 Å². The van der Waals surface area contributed by atoms with Crippen LogP contribution in [0.4, 0.5) is 0 Å². The second-order valence-electron chi connectivity index (χ2n) is 3.35. The molecule has 10 heavy (non-hydrogen) atoms. The van der Waals surface area contributed by atoms with Gasteiger partial charge in [0.05, 0.1) is 0 Å². The van der Waals surface area contributed by atoms with E-state index in [4.69, 9.17) is 11.6 Å². The van der Waals surface area contributed by atoms with Crippen molar-refractivity contribution in [2.75, 3.05) is 0 Å². The Labute approximate surface area is 75.1 Å². The van der Waals surface area contributed by atoms with E-state index < -0.39 is 18.4 Å². The third-order valence-electron chi connectivity index (χ3n) is 1.30. The molecular formula is C7H11ClSSn. The molecule has 56 valence electrons. The predicted octanol–water partition coefficient (Wildman–Crippen LogP) is 2.95. The van der Waals surface area contributed by atoms with E-state index in [1.807, 2.05) is 17.4 Å². The molecule has 3 heteroatoms. The Hall–Kier alpha value is 0.789. The van der Waals surface area contributed by atoms with Crippen molar-refractivity contribution in [1.82, 2.24) is 0 Å². The summed E-state index contributed by atoms with van der Waals surface area (Å²) in [4.78, 5) is 7.14. The fourth-order valence-corrected chi connectivity index (χ4v) is 9.77. The van der Waals surface area contributed by atoms with Crippen LogP contribution in [0.1, 0.15) is 0 Å². The van der Waals surface area contributed by atoms with E-state index in [1.165, 1.54) is 2.89 Å². The van der Waals surface area contributed by atoms with Crippen molar-refractivity contribution < 1.29 is 0 Å². The van der Waals surface area contributed by atoms with Gasteiger partial charge in [-0.25, -0.2) is 0 Å². The molecule has 0 fully saturated rings. The number of rotatable bonds is 1. The van der Waals surface area contributed by atoms with Gasteiger partial charge in [-0.3, -0.25) is 0 Å². The fraction of sp³-hybridized carbons (Fsp3) is 0.429. The zero-order valence-corrected chi connectivity index (χ0v) is 10.9. The van der Waals surface area contributed by atoms with Crippen LogP contribution in [0.15, 0.2) is 11.4 Å². The normalized spacial score (nSPS) is 12.0. The van der Waals surface area contributed by atoms with Crippen LogP contribution in [0, 0.1) is 0 Å². The molecule has 0 N–H and O–H groups in total. The van der Waals surface area contributed by atoms with Gasteiger partial charge in [-0.15, -0.1) is 0 Å². The summed E-state index contributed by atoms with van der Waals surface area (Å²) < 4.78 is 1.48. The van der Waals surface area contributed by atoms with Gasteiger partial charge in [0.15, 0.2) is 0 Å². The first-order valence-electron chi connectivity index (χ1n) is 3.25. The van der Waals surface area contributed by atoms with E-state index in [0.717, 1.165) is 5.02 Å². The Morgan fingerprint density at radius 3 is 2.20 bits per heavy atom. The molecule has 0 aliphatic carbocycles. The molecular weight excluding hydrogens is 270 g/mol. The van der Waals surface area contributed by atoms with Crippen LogP contribution in [-0.4, -0.2) is 18.4 Å². The second-order valence-corrected chi connectivity index (χ2v) is 20.0. The monoisotopic (exact) mass is 282 g/mol. The summed E-state index contributed by atoms with van der Waals surface area (Å²) in [5, 5.41) is 3.08. The molecule has 0 aliphatic heterocycles. The zero-order valence-electron chi connectivity index (χ0n) is 6.44. The summed E-state index contributed by atoms with van der Waals surface area (Å²) in [5.74, 6) is 0. The summed E-state index contributed by atoms with van der Waals surface area (Å²) >= 11 is 5.98. The van der Waals surface area contributed by atoms with Crippen molar-refractivity contribution in [3.63, 3.8) is 0 Å². The molecule has 1 heterocycles. The molecule has 0 aliphatic rings. The van der Waals surface area contributed by atoms with Crippen LogP contribution in [0.5, 0.6) is 0 Å². The summed E-state index contributed by atoms with van der Waals surface area (Å²) in [5.41, 5.74) is 0. The van der Waals surface area contributed by atoms with Crippen molar-refractivity contribution in [3.05, 3.63) is 16.5 Å². The summed E-state index contributed by atoms with van der Waals surface area (Å²) in [6, 6.07) is 2.00. The Balaban J connectivity index is 3.05. The zero-order chi connectivity index (χ0) is 7.78. The van der Waals surface area contributed by atoms with E-state index in [9.17, 15) is 0 Å². The molecule has 1 aromatic rings. The van der Waals surface area contributed by atoms with Crippen LogP contribution < -0.4 is 2.89 Å². The first-order chi connectivity index (χ1) is 4.52. The summed E-state index contributed by atoms with van der Waals surface area (Å²) in [6.45, 7) is 0. The van der Waals surface area contributed by atoms with Crippen molar-refractivity contribution >= 4 is 44.2 Å². The van der Waals surface area contributed by atoms with Gasteiger partial charge in [0.1, 0.15) is 0 Å². The SMILES string of the molecule is [CH3][Sn]([CH3])([CH3])[c]1sccc1Cl.